The lowest BCUT2D eigenvalue weighted by Crippen LogP contribution is -2.30. The number of rotatable bonds is 5. The van der Waals surface area contributed by atoms with Gasteiger partial charge in [-0.25, -0.2) is 4.68 Å². The normalized spacial score (nSPS) is 24.1. The van der Waals surface area contributed by atoms with Crippen molar-refractivity contribution in [3.05, 3.63) is 22.6 Å². The van der Waals surface area contributed by atoms with E-state index in [0.29, 0.717) is 6.54 Å². The molecule has 20 heavy (non-hydrogen) atoms. The zero-order valence-corrected chi connectivity index (χ0v) is 12.7. The van der Waals surface area contributed by atoms with Gasteiger partial charge >= 0.3 is 0 Å². The monoisotopic (exact) mass is 295 g/mol. The molecule has 5 nitrogen and oxygen atoms in total. The third kappa shape index (κ3) is 2.72. The minimum atomic E-state index is -0.0172. The van der Waals surface area contributed by atoms with Crippen LogP contribution in [0.3, 0.4) is 0 Å². The van der Waals surface area contributed by atoms with Crippen molar-refractivity contribution in [1.29, 1.82) is 0 Å². The first-order valence-corrected chi connectivity index (χ1v) is 7.75. The second-order valence-corrected chi connectivity index (χ2v) is 6.28. The molecule has 0 bridgehead atoms. The topological polar surface area (TPSA) is 47.4 Å². The Hall–Kier alpha value is -1.01. The van der Waals surface area contributed by atoms with Crippen molar-refractivity contribution in [2.75, 3.05) is 30.9 Å². The Morgan fingerprint density at radius 2 is 2.35 bits per heavy atom. The van der Waals surface area contributed by atoms with Gasteiger partial charge in [0.25, 0.3) is 5.56 Å². The van der Waals surface area contributed by atoms with Crippen LogP contribution in [0, 0.1) is 5.41 Å². The lowest BCUT2D eigenvalue weighted by Gasteiger charge is -2.19. The smallest absolute Gasteiger partial charge is 0.268 e. The first kappa shape index (κ1) is 13.9. The Kier molecular flexibility index (Phi) is 3.77. The van der Waals surface area contributed by atoms with Gasteiger partial charge in [-0.05, 0) is 30.4 Å². The highest BCUT2D eigenvalue weighted by atomic mass is 32.1. The summed E-state index contributed by atoms with van der Waals surface area (Å²) in [6.45, 7) is 2.45. The second-order valence-electron chi connectivity index (χ2n) is 5.96. The molecule has 2 heterocycles. The number of anilines is 1. The maximum absolute atomic E-state index is 12.2. The van der Waals surface area contributed by atoms with E-state index in [1.807, 2.05) is 0 Å². The molecule has 2 fully saturated rings. The summed E-state index contributed by atoms with van der Waals surface area (Å²) < 4.78 is 6.93. The van der Waals surface area contributed by atoms with Gasteiger partial charge in [0.1, 0.15) is 0 Å². The van der Waals surface area contributed by atoms with E-state index in [2.05, 4.69) is 22.6 Å². The van der Waals surface area contributed by atoms with E-state index >= 15 is 0 Å². The number of aromatic nitrogens is 2. The fourth-order valence-electron chi connectivity index (χ4n) is 2.73. The van der Waals surface area contributed by atoms with E-state index in [0.717, 1.165) is 43.8 Å². The van der Waals surface area contributed by atoms with Gasteiger partial charge in [-0.2, -0.15) is 17.7 Å². The van der Waals surface area contributed by atoms with Crippen molar-refractivity contribution in [1.82, 2.24) is 9.78 Å². The standard InChI is InChI=1S/C14H21N3O2S/c1-19-12-2-5-16(8-12)11-6-13(18)17(15-7-11)9-14(10-20)3-4-14/h6-7,12,20H,2-5,8-10H2,1H3. The van der Waals surface area contributed by atoms with E-state index in [4.69, 9.17) is 4.74 Å². The molecular formula is C14H21N3O2S. The van der Waals surface area contributed by atoms with E-state index in [1.165, 1.54) is 0 Å². The van der Waals surface area contributed by atoms with Crippen LogP contribution in [-0.2, 0) is 11.3 Å². The van der Waals surface area contributed by atoms with E-state index < -0.39 is 0 Å². The number of hydrogen-bond donors (Lipinski definition) is 1. The van der Waals surface area contributed by atoms with Crippen LogP contribution in [0.15, 0.2) is 17.1 Å². The molecule has 0 amide bonds. The molecule has 1 atom stereocenters. The Labute approximate surface area is 124 Å². The average molecular weight is 295 g/mol. The molecule has 1 aromatic heterocycles. The zero-order chi connectivity index (χ0) is 14.2. The maximum Gasteiger partial charge on any atom is 0.268 e. The van der Waals surface area contributed by atoms with Crippen LogP contribution in [0.5, 0.6) is 0 Å². The predicted octanol–water partition coefficient (Wildman–Crippen LogP) is 1.18. The number of thiol groups is 1. The molecule has 3 rings (SSSR count). The Morgan fingerprint density at radius 1 is 1.55 bits per heavy atom. The van der Waals surface area contributed by atoms with E-state index in [-0.39, 0.29) is 17.1 Å². The number of hydrogen-bond acceptors (Lipinski definition) is 5. The molecule has 110 valence electrons. The molecular weight excluding hydrogens is 274 g/mol. The lowest BCUT2D eigenvalue weighted by molar-refractivity contribution is 0.121. The summed E-state index contributed by atoms with van der Waals surface area (Å²) in [6, 6.07) is 1.69. The van der Waals surface area contributed by atoms with Crippen LogP contribution in [0.1, 0.15) is 19.3 Å². The first-order valence-electron chi connectivity index (χ1n) is 7.12. The highest BCUT2D eigenvalue weighted by Gasteiger charge is 2.42. The van der Waals surface area contributed by atoms with E-state index in [1.54, 1.807) is 24.1 Å². The highest BCUT2D eigenvalue weighted by Crippen LogP contribution is 2.47. The minimum absolute atomic E-state index is 0.0172. The van der Waals surface area contributed by atoms with Crippen molar-refractivity contribution >= 4 is 18.3 Å². The van der Waals surface area contributed by atoms with Crippen molar-refractivity contribution < 1.29 is 4.74 Å². The molecule has 2 aliphatic rings. The number of methoxy groups -OCH3 is 1. The molecule has 1 aromatic rings. The molecule has 0 N–H and O–H groups in total. The summed E-state index contributed by atoms with van der Waals surface area (Å²) in [7, 11) is 1.73. The summed E-state index contributed by atoms with van der Waals surface area (Å²) in [5.41, 5.74) is 1.09. The fraction of sp³-hybridized carbons (Fsp3) is 0.714. The molecule has 0 aromatic carbocycles. The van der Waals surface area contributed by atoms with Crippen LogP contribution in [0.4, 0.5) is 5.69 Å². The summed E-state index contributed by atoms with van der Waals surface area (Å²) in [5, 5.41) is 4.33. The third-order valence-electron chi connectivity index (χ3n) is 4.48. The van der Waals surface area contributed by atoms with Gasteiger partial charge in [0.05, 0.1) is 24.5 Å². The molecule has 1 saturated carbocycles. The largest absolute Gasteiger partial charge is 0.380 e. The number of ether oxygens (including phenoxy) is 1. The van der Waals surface area contributed by atoms with E-state index in [9.17, 15) is 4.79 Å². The van der Waals surface area contributed by atoms with Gasteiger partial charge in [0.2, 0.25) is 0 Å². The number of nitrogens with zero attached hydrogens (tertiary/aromatic N) is 3. The average Bonchev–Trinajstić information content (AvgIpc) is 3.07. The Bertz CT molecular complexity index is 541. The minimum Gasteiger partial charge on any atom is -0.380 e. The summed E-state index contributed by atoms with van der Waals surface area (Å²) in [6.07, 6.45) is 5.36. The summed E-state index contributed by atoms with van der Waals surface area (Å²) in [5.74, 6) is 0.824. The third-order valence-corrected chi connectivity index (χ3v) is 5.15. The van der Waals surface area contributed by atoms with Crippen molar-refractivity contribution in [2.24, 2.45) is 5.41 Å². The van der Waals surface area contributed by atoms with Crippen LogP contribution in [0.25, 0.3) is 0 Å². The van der Waals surface area contributed by atoms with Crippen molar-refractivity contribution in [2.45, 2.75) is 31.9 Å². The van der Waals surface area contributed by atoms with Gasteiger partial charge in [0.15, 0.2) is 0 Å². The highest BCUT2D eigenvalue weighted by molar-refractivity contribution is 7.80. The quantitative estimate of drug-likeness (QED) is 0.829. The molecule has 1 aliphatic heterocycles. The zero-order valence-electron chi connectivity index (χ0n) is 11.8. The molecule has 0 radical (unpaired) electrons. The second kappa shape index (κ2) is 5.41. The lowest BCUT2D eigenvalue weighted by atomic mass is 10.1. The molecule has 1 unspecified atom stereocenters. The Balaban J connectivity index is 1.73. The fourth-order valence-corrected chi connectivity index (χ4v) is 3.15. The summed E-state index contributed by atoms with van der Waals surface area (Å²) >= 11 is 4.37. The molecule has 1 saturated heterocycles. The van der Waals surface area contributed by atoms with Crippen molar-refractivity contribution in [3.63, 3.8) is 0 Å². The van der Waals surface area contributed by atoms with Gasteiger partial charge < -0.3 is 9.64 Å². The summed E-state index contributed by atoms with van der Waals surface area (Å²) in [4.78, 5) is 14.4. The predicted molar refractivity (Wildman–Crippen MR) is 81.6 cm³/mol. The van der Waals surface area contributed by atoms with Gasteiger partial charge in [-0.1, -0.05) is 0 Å². The molecule has 6 heteroatoms. The van der Waals surface area contributed by atoms with Gasteiger partial charge in [-0.3, -0.25) is 4.79 Å². The van der Waals surface area contributed by atoms with Crippen LogP contribution < -0.4 is 10.5 Å². The van der Waals surface area contributed by atoms with Crippen molar-refractivity contribution in [3.8, 4) is 0 Å². The van der Waals surface area contributed by atoms with Crippen LogP contribution >= 0.6 is 12.6 Å². The molecule has 0 spiro atoms. The van der Waals surface area contributed by atoms with Crippen LogP contribution in [-0.4, -0.2) is 41.8 Å². The Morgan fingerprint density at radius 3 is 2.90 bits per heavy atom. The SMILES string of the molecule is COC1CCN(c2cnn(CC3(CS)CC3)c(=O)c2)C1. The van der Waals surface area contributed by atoms with Gasteiger partial charge in [-0.15, -0.1) is 0 Å². The molecule has 1 aliphatic carbocycles. The maximum atomic E-state index is 12.2. The first-order chi connectivity index (χ1) is 9.65. The van der Waals surface area contributed by atoms with Crippen LogP contribution in [0.2, 0.25) is 0 Å². The van der Waals surface area contributed by atoms with Gasteiger partial charge in [0, 0.05) is 26.3 Å².